The molecule has 6 aromatic rings. The van der Waals surface area contributed by atoms with Crippen molar-refractivity contribution in [3.63, 3.8) is 0 Å². The van der Waals surface area contributed by atoms with Crippen molar-refractivity contribution in [2.75, 3.05) is 0 Å². The summed E-state index contributed by atoms with van der Waals surface area (Å²) in [6, 6.07) is 40.9. The maximum Gasteiger partial charge on any atom is 0.0725 e. The maximum atomic E-state index is 4.62. The van der Waals surface area contributed by atoms with Gasteiger partial charge in [0, 0.05) is 11.6 Å². The van der Waals surface area contributed by atoms with E-state index in [-0.39, 0.29) is 5.41 Å². The summed E-state index contributed by atoms with van der Waals surface area (Å²) < 4.78 is 0. The first-order valence-corrected chi connectivity index (χ1v) is 12.7. The Labute approximate surface area is 209 Å². The molecule has 0 aliphatic heterocycles. The first kappa shape index (κ1) is 18.8. The van der Waals surface area contributed by atoms with Crippen molar-refractivity contribution < 1.29 is 0 Å². The molecule has 0 fully saturated rings. The van der Waals surface area contributed by atoms with Crippen LogP contribution in [0, 0.1) is 0 Å². The number of rotatable bonds is 0. The van der Waals surface area contributed by atoms with Crippen molar-refractivity contribution >= 4 is 10.9 Å². The first-order chi connectivity index (χ1) is 17.9. The van der Waals surface area contributed by atoms with E-state index in [0.29, 0.717) is 0 Å². The number of aromatic nitrogens is 1. The van der Waals surface area contributed by atoms with Crippen LogP contribution in [-0.2, 0) is 11.8 Å². The lowest BCUT2D eigenvalue weighted by atomic mass is 9.70. The van der Waals surface area contributed by atoms with Crippen LogP contribution >= 0.6 is 0 Å². The molecule has 1 spiro atoms. The zero-order valence-electron chi connectivity index (χ0n) is 19.6. The number of hydrogen-bond donors (Lipinski definition) is 0. The molecule has 3 aliphatic carbocycles. The summed E-state index contributed by atoms with van der Waals surface area (Å²) in [6.45, 7) is 0. The van der Waals surface area contributed by atoms with Gasteiger partial charge in [-0.2, -0.15) is 0 Å². The highest BCUT2D eigenvalue weighted by Crippen LogP contribution is 2.63. The van der Waals surface area contributed by atoms with E-state index in [0.717, 1.165) is 11.9 Å². The number of benzene rings is 5. The molecule has 1 nitrogen and oxygen atoms in total. The molecule has 1 heteroatoms. The summed E-state index contributed by atoms with van der Waals surface area (Å²) in [4.78, 5) is 4.62. The average molecular weight is 456 g/mol. The van der Waals surface area contributed by atoms with E-state index in [1.807, 2.05) is 6.20 Å². The van der Waals surface area contributed by atoms with Gasteiger partial charge >= 0.3 is 0 Å². The van der Waals surface area contributed by atoms with E-state index in [1.54, 1.807) is 0 Å². The summed E-state index contributed by atoms with van der Waals surface area (Å²) in [6.07, 6.45) is 2.84. The molecule has 0 unspecified atom stereocenters. The Kier molecular flexibility index (Phi) is 3.33. The Hall–Kier alpha value is -4.49. The van der Waals surface area contributed by atoms with Crippen LogP contribution in [0.25, 0.3) is 44.3 Å². The van der Waals surface area contributed by atoms with Crippen LogP contribution in [0.5, 0.6) is 0 Å². The Morgan fingerprint density at radius 3 is 1.83 bits per heavy atom. The summed E-state index contributed by atoms with van der Waals surface area (Å²) in [7, 11) is 0. The topological polar surface area (TPSA) is 12.9 Å². The molecule has 5 aromatic carbocycles. The fraction of sp³-hybridized carbons (Fsp3) is 0.0571. The molecule has 0 saturated carbocycles. The fourth-order valence-electron chi connectivity index (χ4n) is 7.43. The van der Waals surface area contributed by atoms with Gasteiger partial charge in [0.25, 0.3) is 0 Å². The van der Waals surface area contributed by atoms with Gasteiger partial charge in [-0.3, -0.25) is 4.98 Å². The lowest BCUT2D eigenvalue weighted by Gasteiger charge is -2.30. The molecule has 0 bridgehead atoms. The number of fused-ring (bicyclic) bond motifs is 15. The molecule has 36 heavy (non-hydrogen) atoms. The van der Waals surface area contributed by atoms with Crippen molar-refractivity contribution in [3.05, 3.63) is 149 Å². The zero-order valence-corrected chi connectivity index (χ0v) is 19.6. The summed E-state index contributed by atoms with van der Waals surface area (Å²) in [5, 5.41) is 1.28. The van der Waals surface area contributed by atoms with Gasteiger partial charge < -0.3 is 0 Å². The van der Waals surface area contributed by atoms with Gasteiger partial charge in [0.05, 0.1) is 10.9 Å². The normalized spacial score (nSPS) is 14.8. The second-order valence-electron chi connectivity index (χ2n) is 10.3. The van der Waals surface area contributed by atoms with E-state index >= 15 is 0 Å². The highest BCUT2D eigenvalue weighted by Gasteiger charge is 2.51. The highest BCUT2D eigenvalue weighted by molar-refractivity contribution is 5.99. The molecular weight excluding hydrogens is 434 g/mol. The SMILES string of the molecule is c1ccc2c(c1)-c1ccccc1C21c2ccccc2-c2cc3c(cc21)Cc1c-3ccc2ncccc12. The maximum absolute atomic E-state index is 4.62. The summed E-state index contributed by atoms with van der Waals surface area (Å²) in [5.41, 5.74) is 17.5. The van der Waals surface area contributed by atoms with Crippen LogP contribution in [0.2, 0.25) is 0 Å². The lowest BCUT2D eigenvalue weighted by molar-refractivity contribution is 0.792. The monoisotopic (exact) mass is 455 g/mol. The Morgan fingerprint density at radius 2 is 1.14 bits per heavy atom. The van der Waals surface area contributed by atoms with E-state index < -0.39 is 0 Å². The van der Waals surface area contributed by atoms with Gasteiger partial charge in [-0.15, -0.1) is 0 Å². The van der Waals surface area contributed by atoms with Gasteiger partial charge in [-0.25, -0.2) is 0 Å². The second kappa shape index (κ2) is 6.38. The predicted octanol–water partition coefficient (Wildman–Crippen LogP) is 8.15. The van der Waals surface area contributed by atoms with Gasteiger partial charge in [0.2, 0.25) is 0 Å². The third-order valence-electron chi connectivity index (χ3n) is 8.77. The van der Waals surface area contributed by atoms with Crippen LogP contribution < -0.4 is 0 Å². The highest BCUT2D eigenvalue weighted by atomic mass is 14.6. The van der Waals surface area contributed by atoms with E-state index in [4.69, 9.17) is 0 Å². The molecular formula is C35H21N. The van der Waals surface area contributed by atoms with E-state index in [1.165, 1.54) is 72.1 Å². The molecule has 1 heterocycles. The number of pyridine rings is 1. The van der Waals surface area contributed by atoms with E-state index in [9.17, 15) is 0 Å². The molecule has 3 aliphatic rings. The zero-order chi connectivity index (χ0) is 23.4. The smallest absolute Gasteiger partial charge is 0.0725 e. The number of hydrogen-bond acceptors (Lipinski definition) is 1. The lowest BCUT2D eigenvalue weighted by Crippen LogP contribution is -2.26. The third-order valence-corrected chi connectivity index (χ3v) is 8.77. The van der Waals surface area contributed by atoms with Crippen molar-refractivity contribution in [2.24, 2.45) is 0 Å². The van der Waals surface area contributed by atoms with Crippen LogP contribution in [0.4, 0.5) is 0 Å². The van der Waals surface area contributed by atoms with Gasteiger partial charge in [-0.1, -0.05) is 91.0 Å². The molecule has 1 aromatic heterocycles. The second-order valence-corrected chi connectivity index (χ2v) is 10.3. The fourth-order valence-corrected chi connectivity index (χ4v) is 7.43. The van der Waals surface area contributed by atoms with Gasteiger partial charge in [0.1, 0.15) is 0 Å². The Bertz CT molecular complexity index is 1880. The minimum atomic E-state index is -0.271. The third kappa shape index (κ3) is 2.04. The van der Waals surface area contributed by atoms with E-state index in [2.05, 4.69) is 114 Å². The van der Waals surface area contributed by atoms with Crippen LogP contribution in [0.3, 0.4) is 0 Å². The molecule has 0 amide bonds. The van der Waals surface area contributed by atoms with Crippen LogP contribution in [-0.4, -0.2) is 4.98 Å². The van der Waals surface area contributed by atoms with Crippen molar-refractivity contribution in [1.29, 1.82) is 0 Å². The van der Waals surface area contributed by atoms with Gasteiger partial charge in [0.15, 0.2) is 0 Å². The standard InChI is InChI=1S/C35H21N/c1-4-12-30-23(8-1)24-9-2-5-13-31(24)35(30)32-14-6-3-10-25(32)29-20-27-21(19-33(29)35)18-28-22(27)15-16-34-26(28)11-7-17-36-34/h1-17,19-20H,18H2. The van der Waals surface area contributed by atoms with Crippen molar-refractivity contribution in [3.8, 4) is 33.4 Å². The number of nitrogens with zero attached hydrogens (tertiary/aromatic N) is 1. The molecule has 0 saturated heterocycles. The first-order valence-electron chi connectivity index (χ1n) is 12.7. The molecule has 0 N–H and O–H groups in total. The van der Waals surface area contributed by atoms with Crippen LogP contribution in [0.1, 0.15) is 33.4 Å². The summed E-state index contributed by atoms with van der Waals surface area (Å²) in [5.74, 6) is 0. The largest absolute Gasteiger partial charge is 0.256 e. The average Bonchev–Trinajstić information content (AvgIpc) is 3.56. The molecule has 9 rings (SSSR count). The molecule has 166 valence electrons. The minimum absolute atomic E-state index is 0.271. The molecule has 0 radical (unpaired) electrons. The van der Waals surface area contributed by atoms with Crippen molar-refractivity contribution in [2.45, 2.75) is 11.8 Å². The quantitative estimate of drug-likeness (QED) is 0.225. The van der Waals surface area contributed by atoms with Crippen LogP contribution in [0.15, 0.2) is 115 Å². The predicted molar refractivity (Wildman–Crippen MR) is 146 cm³/mol. The minimum Gasteiger partial charge on any atom is -0.256 e. The van der Waals surface area contributed by atoms with Crippen molar-refractivity contribution in [1.82, 2.24) is 4.98 Å². The van der Waals surface area contributed by atoms with Gasteiger partial charge in [-0.05, 0) is 91.4 Å². The summed E-state index contributed by atoms with van der Waals surface area (Å²) >= 11 is 0. The Morgan fingerprint density at radius 1 is 0.500 bits per heavy atom. The molecule has 0 atom stereocenters. The Balaban J connectivity index is 1.40.